The van der Waals surface area contributed by atoms with Gasteiger partial charge in [0, 0.05) is 17.8 Å². The first kappa shape index (κ1) is 15.7. The molecule has 1 unspecified atom stereocenters. The SMILES string of the molecule is CNC(Cc1cccs1)c1c(Br)cnn1CCN(C)C. The summed E-state index contributed by atoms with van der Waals surface area (Å²) in [6.07, 6.45) is 2.88. The molecule has 0 saturated carbocycles. The van der Waals surface area contributed by atoms with Crippen LogP contribution >= 0.6 is 27.3 Å². The van der Waals surface area contributed by atoms with Crippen molar-refractivity contribution in [2.75, 3.05) is 27.7 Å². The van der Waals surface area contributed by atoms with Crippen LogP contribution in [0.5, 0.6) is 0 Å². The number of aromatic nitrogens is 2. The largest absolute Gasteiger partial charge is 0.311 e. The standard InChI is InChI=1S/C14H21BrN4S/c1-16-13(9-11-5-4-8-20-11)14-12(15)10-17-19(14)7-6-18(2)3/h4-5,8,10,13,16H,6-7,9H2,1-3H3. The van der Waals surface area contributed by atoms with Gasteiger partial charge in [0.2, 0.25) is 0 Å². The third-order valence-corrected chi connectivity index (χ3v) is 4.77. The number of halogens is 1. The van der Waals surface area contributed by atoms with E-state index >= 15 is 0 Å². The van der Waals surface area contributed by atoms with E-state index in [1.807, 2.05) is 13.2 Å². The van der Waals surface area contributed by atoms with Crippen LogP contribution in [-0.4, -0.2) is 42.4 Å². The van der Waals surface area contributed by atoms with Crippen LogP contribution in [0.4, 0.5) is 0 Å². The Morgan fingerprint density at radius 3 is 2.90 bits per heavy atom. The van der Waals surface area contributed by atoms with Gasteiger partial charge in [0.05, 0.1) is 29.0 Å². The van der Waals surface area contributed by atoms with Gasteiger partial charge in [-0.1, -0.05) is 6.07 Å². The summed E-state index contributed by atoms with van der Waals surface area (Å²) in [4.78, 5) is 3.56. The Kier molecular flexibility index (Phi) is 5.77. The van der Waals surface area contributed by atoms with Crippen molar-refractivity contribution in [1.29, 1.82) is 0 Å². The van der Waals surface area contributed by atoms with E-state index in [1.54, 1.807) is 11.3 Å². The summed E-state index contributed by atoms with van der Waals surface area (Å²) in [7, 11) is 6.17. The third-order valence-electron chi connectivity index (χ3n) is 3.26. The molecule has 0 amide bonds. The number of rotatable bonds is 7. The highest BCUT2D eigenvalue weighted by Crippen LogP contribution is 2.27. The highest BCUT2D eigenvalue weighted by Gasteiger charge is 2.19. The van der Waals surface area contributed by atoms with Gasteiger partial charge in [0.15, 0.2) is 0 Å². The lowest BCUT2D eigenvalue weighted by Gasteiger charge is -2.19. The molecule has 2 aromatic heterocycles. The molecule has 1 N–H and O–H groups in total. The fourth-order valence-electron chi connectivity index (χ4n) is 2.16. The second-order valence-electron chi connectivity index (χ2n) is 5.03. The summed E-state index contributed by atoms with van der Waals surface area (Å²) < 4.78 is 3.17. The summed E-state index contributed by atoms with van der Waals surface area (Å²) in [5.74, 6) is 0. The summed E-state index contributed by atoms with van der Waals surface area (Å²) in [5.41, 5.74) is 1.22. The molecule has 1 atom stereocenters. The van der Waals surface area contributed by atoms with Gasteiger partial charge in [-0.25, -0.2) is 0 Å². The summed E-state index contributed by atoms with van der Waals surface area (Å²) in [6.45, 7) is 1.88. The maximum atomic E-state index is 4.49. The van der Waals surface area contributed by atoms with Crippen molar-refractivity contribution >= 4 is 27.3 Å². The van der Waals surface area contributed by atoms with Gasteiger partial charge in [-0.15, -0.1) is 11.3 Å². The predicted octanol–water partition coefficient (Wildman–Crippen LogP) is 2.77. The van der Waals surface area contributed by atoms with Gasteiger partial charge in [0.1, 0.15) is 0 Å². The van der Waals surface area contributed by atoms with E-state index in [0.29, 0.717) is 0 Å². The fraction of sp³-hybridized carbons (Fsp3) is 0.500. The highest BCUT2D eigenvalue weighted by molar-refractivity contribution is 9.10. The van der Waals surface area contributed by atoms with Crippen molar-refractivity contribution in [3.63, 3.8) is 0 Å². The predicted molar refractivity (Wildman–Crippen MR) is 88.3 cm³/mol. The van der Waals surface area contributed by atoms with Crippen LogP contribution in [0.3, 0.4) is 0 Å². The molecule has 6 heteroatoms. The van der Waals surface area contributed by atoms with Crippen molar-refractivity contribution in [1.82, 2.24) is 20.0 Å². The van der Waals surface area contributed by atoms with Crippen molar-refractivity contribution in [3.05, 3.63) is 38.8 Å². The minimum atomic E-state index is 0.271. The van der Waals surface area contributed by atoms with Crippen LogP contribution in [-0.2, 0) is 13.0 Å². The Labute approximate surface area is 132 Å². The molecule has 20 heavy (non-hydrogen) atoms. The lowest BCUT2D eigenvalue weighted by molar-refractivity contribution is 0.363. The molecular weight excluding hydrogens is 336 g/mol. The topological polar surface area (TPSA) is 33.1 Å². The number of hydrogen-bond donors (Lipinski definition) is 1. The Morgan fingerprint density at radius 1 is 1.50 bits per heavy atom. The molecule has 0 aliphatic carbocycles. The molecule has 0 saturated heterocycles. The Bertz CT molecular complexity index is 521. The zero-order valence-electron chi connectivity index (χ0n) is 12.1. The molecule has 2 aromatic rings. The Balaban J connectivity index is 2.17. The smallest absolute Gasteiger partial charge is 0.0699 e. The summed E-state index contributed by atoms with van der Waals surface area (Å²) >= 11 is 5.44. The molecule has 0 aliphatic heterocycles. The zero-order chi connectivity index (χ0) is 14.5. The highest BCUT2D eigenvalue weighted by atomic mass is 79.9. The third kappa shape index (κ3) is 3.91. The van der Waals surface area contributed by atoms with Gasteiger partial charge >= 0.3 is 0 Å². The van der Waals surface area contributed by atoms with Crippen molar-refractivity contribution in [2.45, 2.75) is 19.0 Å². The van der Waals surface area contributed by atoms with Crippen molar-refractivity contribution < 1.29 is 0 Å². The molecule has 110 valence electrons. The van der Waals surface area contributed by atoms with Crippen LogP contribution < -0.4 is 5.32 Å². The average Bonchev–Trinajstić information content (AvgIpc) is 3.03. The van der Waals surface area contributed by atoms with Crippen LogP contribution in [0, 0.1) is 0 Å². The number of likely N-dealkylation sites (N-methyl/N-ethyl adjacent to an activating group) is 2. The van der Waals surface area contributed by atoms with Gasteiger partial charge in [0.25, 0.3) is 0 Å². The molecule has 0 bridgehead atoms. The second-order valence-corrected chi connectivity index (χ2v) is 6.92. The Morgan fingerprint density at radius 2 is 2.30 bits per heavy atom. The van der Waals surface area contributed by atoms with Crippen LogP contribution in [0.1, 0.15) is 16.6 Å². The second kappa shape index (κ2) is 7.36. The van der Waals surface area contributed by atoms with Crippen LogP contribution in [0.15, 0.2) is 28.2 Å². The van der Waals surface area contributed by atoms with Gasteiger partial charge < -0.3 is 10.2 Å². The molecule has 0 spiro atoms. The average molecular weight is 357 g/mol. The van der Waals surface area contributed by atoms with Crippen molar-refractivity contribution in [2.24, 2.45) is 0 Å². The minimum absolute atomic E-state index is 0.271. The molecular formula is C14H21BrN4S. The molecule has 0 aromatic carbocycles. The molecule has 0 aliphatic rings. The van der Waals surface area contributed by atoms with Gasteiger partial charge in [-0.3, -0.25) is 4.68 Å². The van der Waals surface area contributed by atoms with Gasteiger partial charge in [-0.2, -0.15) is 5.10 Å². The molecule has 2 heterocycles. The van der Waals surface area contributed by atoms with E-state index in [-0.39, 0.29) is 6.04 Å². The Hall–Kier alpha value is -0.690. The summed E-state index contributed by atoms with van der Waals surface area (Å²) in [6, 6.07) is 4.56. The molecule has 0 radical (unpaired) electrons. The minimum Gasteiger partial charge on any atom is -0.311 e. The van der Waals surface area contributed by atoms with E-state index in [4.69, 9.17) is 0 Å². The summed E-state index contributed by atoms with van der Waals surface area (Å²) in [5, 5.41) is 10.0. The van der Waals surface area contributed by atoms with E-state index < -0.39 is 0 Å². The van der Waals surface area contributed by atoms with E-state index in [1.165, 1.54) is 10.6 Å². The van der Waals surface area contributed by atoms with E-state index in [0.717, 1.165) is 24.0 Å². The first-order chi connectivity index (χ1) is 9.61. The van der Waals surface area contributed by atoms with Crippen molar-refractivity contribution in [3.8, 4) is 0 Å². The quantitative estimate of drug-likeness (QED) is 0.827. The lowest BCUT2D eigenvalue weighted by Crippen LogP contribution is -2.25. The first-order valence-electron chi connectivity index (χ1n) is 6.67. The lowest BCUT2D eigenvalue weighted by atomic mass is 10.1. The van der Waals surface area contributed by atoms with Crippen LogP contribution in [0.25, 0.3) is 0 Å². The fourth-order valence-corrected chi connectivity index (χ4v) is 3.48. The maximum absolute atomic E-state index is 4.49. The van der Waals surface area contributed by atoms with E-state index in [2.05, 4.69) is 67.5 Å². The molecule has 2 rings (SSSR count). The first-order valence-corrected chi connectivity index (χ1v) is 8.34. The number of thiophene rings is 1. The van der Waals surface area contributed by atoms with Gasteiger partial charge in [-0.05, 0) is 48.5 Å². The monoisotopic (exact) mass is 356 g/mol. The normalized spacial score (nSPS) is 13.1. The molecule has 4 nitrogen and oxygen atoms in total. The maximum Gasteiger partial charge on any atom is 0.0699 e. The number of nitrogens with zero attached hydrogens (tertiary/aromatic N) is 3. The number of hydrogen-bond acceptors (Lipinski definition) is 4. The van der Waals surface area contributed by atoms with E-state index in [9.17, 15) is 0 Å². The number of nitrogens with one attached hydrogen (secondary N) is 1. The van der Waals surface area contributed by atoms with Crippen LogP contribution in [0.2, 0.25) is 0 Å². The zero-order valence-corrected chi connectivity index (χ0v) is 14.5. The molecule has 0 fully saturated rings.